The van der Waals surface area contributed by atoms with Gasteiger partial charge in [0.2, 0.25) is 0 Å². The van der Waals surface area contributed by atoms with Crippen LogP contribution in [0.4, 0.5) is 17.6 Å². The van der Waals surface area contributed by atoms with E-state index in [0.717, 1.165) is 46.8 Å². The summed E-state index contributed by atoms with van der Waals surface area (Å²) in [6.45, 7) is 2.02. The lowest BCUT2D eigenvalue weighted by Gasteiger charge is -2.28. The number of nitrogens with one attached hydrogen (secondary N) is 1. The Morgan fingerprint density at radius 3 is 2.58 bits per heavy atom. The van der Waals surface area contributed by atoms with Crippen LogP contribution in [0.25, 0.3) is 22.6 Å². The first-order valence-electron chi connectivity index (χ1n) is 10.4. The Kier molecular flexibility index (Phi) is 5.41. The molecule has 1 aliphatic rings. The van der Waals surface area contributed by atoms with Gasteiger partial charge in [-0.2, -0.15) is 18.3 Å². The first kappa shape index (κ1) is 21.3. The normalized spacial score (nSPS) is 14.3. The fourth-order valence-electron chi connectivity index (χ4n) is 4.02. The van der Waals surface area contributed by atoms with Crippen molar-refractivity contribution in [2.24, 2.45) is 0 Å². The van der Waals surface area contributed by atoms with Crippen molar-refractivity contribution >= 4 is 0 Å². The molecule has 2 aromatic carbocycles. The summed E-state index contributed by atoms with van der Waals surface area (Å²) in [5, 5.41) is 7.09. The minimum Gasteiger partial charge on any atom is -0.294 e. The van der Waals surface area contributed by atoms with Crippen molar-refractivity contribution in [3.63, 3.8) is 0 Å². The minimum atomic E-state index is -4.37. The van der Waals surface area contributed by atoms with Gasteiger partial charge in [-0.25, -0.2) is 14.4 Å². The summed E-state index contributed by atoms with van der Waals surface area (Å²) in [6, 6.07) is 11.3. The molecule has 0 saturated carbocycles. The number of aromatic nitrogens is 4. The molecule has 1 N–H and O–H groups in total. The topological polar surface area (TPSA) is 57.7 Å². The number of rotatable bonds is 4. The maximum Gasteiger partial charge on any atom is 0.416 e. The number of aromatic amines is 1. The van der Waals surface area contributed by atoms with Crippen molar-refractivity contribution in [1.82, 2.24) is 25.1 Å². The molecule has 5 rings (SSSR count). The Morgan fingerprint density at radius 2 is 1.82 bits per heavy atom. The molecule has 0 saturated heterocycles. The Bertz CT molecular complexity index is 1280. The molecule has 1 aliphatic heterocycles. The number of hydrogen-bond acceptors (Lipinski definition) is 4. The number of benzene rings is 2. The zero-order valence-electron chi connectivity index (χ0n) is 17.4. The maximum absolute atomic E-state index is 13.6. The second-order valence-electron chi connectivity index (χ2n) is 7.98. The van der Waals surface area contributed by atoms with Crippen LogP contribution < -0.4 is 0 Å². The van der Waals surface area contributed by atoms with E-state index in [4.69, 9.17) is 0 Å². The number of H-pyrrole nitrogens is 1. The van der Waals surface area contributed by atoms with Crippen LogP contribution in [-0.2, 0) is 25.7 Å². The lowest BCUT2D eigenvalue weighted by Crippen LogP contribution is -2.31. The minimum absolute atomic E-state index is 0.305. The second-order valence-corrected chi connectivity index (χ2v) is 7.98. The zero-order valence-corrected chi connectivity index (χ0v) is 17.4. The van der Waals surface area contributed by atoms with Gasteiger partial charge in [0.15, 0.2) is 5.82 Å². The summed E-state index contributed by atoms with van der Waals surface area (Å²) in [5.41, 5.74) is 4.22. The number of hydrogen-bond donors (Lipinski definition) is 1. The van der Waals surface area contributed by atoms with Gasteiger partial charge in [-0.3, -0.25) is 10.00 Å². The second kappa shape index (κ2) is 8.40. The highest BCUT2D eigenvalue weighted by atomic mass is 19.4. The summed E-state index contributed by atoms with van der Waals surface area (Å²) in [5.74, 6) is 0.111. The summed E-state index contributed by atoms with van der Waals surface area (Å²) in [4.78, 5) is 11.2. The predicted octanol–water partition coefficient (Wildman–Crippen LogP) is 5.25. The van der Waals surface area contributed by atoms with Crippen molar-refractivity contribution in [2.75, 3.05) is 6.54 Å². The number of halogens is 4. The molecule has 168 valence electrons. The van der Waals surface area contributed by atoms with Gasteiger partial charge < -0.3 is 0 Å². The van der Waals surface area contributed by atoms with Crippen LogP contribution in [-0.4, -0.2) is 31.6 Å². The van der Waals surface area contributed by atoms with Crippen LogP contribution in [0.5, 0.6) is 0 Å². The van der Waals surface area contributed by atoms with E-state index in [2.05, 4.69) is 25.1 Å². The van der Waals surface area contributed by atoms with E-state index in [-0.39, 0.29) is 5.82 Å². The molecule has 5 nitrogen and oxygen atoms in total. The van der Waals surface area contributed by atoms with Gasteiger partial charge in [-0.15, -0.1) is 0 Å². The van der Waals surface area contributed by atoms with Gasteiger partial charge in [0.1, 0.15) is 5.82 Å². The predicted molar refractivity (Wildman–Crippen MR) is 114 cm³/mol. The Labute approximate surface area is 187 Å². The lowest BCUT2D eigenvalue weighted by molar-refractivity contribution is -0.137. The van der Waals surface area contributed by atoms with Gasteiger partial charge in [-0.1, -0.05) is 24.3 Å². The third-order valence-electron chi connectivity index (χ3n) is 5.71. The van der Waals surface area contributed by atoms with E-state index in [1.165, 1.54) is 24.3 Å². The maximum atomic E-state index is 13.6. The van der Waals surface area contributed by atoms with Crippen LogP contribution in [0.15, 0.2) is 60.9 Å². The summed E-state index contributed by atoms with van der Waals surface area (Å²) < 4.78 is 52.0. The number of alkyl halides is 3. The highest BCUT2D eigenvalue weighted by molar-refractivity contribution is 5.62. The van der Waals surface area contributed by atoms with Crippen molar-refractivity contribution in [3.05, 3.63) is 89.1 Å². The van der Waals surface area contributed by atoms with Crippen LogP contribution in [0, 0.1) is 5.82 Å². The zero-order chi connectivity index (χ0) is 23.0. The Morgan fingerprint density at radius 1 is 1.00 bits per heavy atom. The molecule has 4 aromatic rings. The lowest BCUT2D eigenvalue weighted by atomic mass is 10.0. The summed E-state index contributed by atoms with van der Waals surface area (Å²) in [7, 11) is 0. The molecule has 2 aromatic heterocycles. The van der Waals surface area contributed by atoms with E-state index < -0.39 is 11.7 Å². The monoisotopic (exact) mass is 453 g/mol. The summed E-state index contributed by atoms with van der Waals surface area (Å²) in [6.07, 6.45) is -0.189. The number of fused-ring (bicyclic) bond motifs is 1. The SMILES string of the molecule is Fc1cccc(-c2[nH]ncc2CN2CCc3nc(-c4ccc(C(F)(F)F)cc4)ncc3C2)c1. The smallest absolute Gasteiger partial charge is 0.294 e. The highest BCUT2D eigenvalue weighted by Crippen LogP contribution is 2.31. The van der Waals surface area contributed by atoms with Crippen molar-refractivity contribution in [1.29, 1.82) is 0 Å². The molecule has 0 fully saturated rings. The van der Waals surface area contributed by atoms with Crippen LogP contribution >= 0.6 is 0 Å². The Balaban J connectivity index is 1.31. The van der Waals surface area contributed by atoms with Crippen LogP contribution in [0.2, 0.25) is 0 Å². The third-order valence-corrected chi connectivity index (χ3v) is 5.71. The van der Waals surface area contributed by atoms with Gasteiger partial charge in [-0.05, 0) is 24.3 Å². The number of nitrogens with zero attached hydrogens (tertiary/aromatic N) is 4. The van der Waals surface area contributed by atoms with Crippen molar-refractivity contribution in [3.8, 4) is 22.6 Å². The molecule has 0 aliphatic carbocycles. The van der Waals surface area contributed by atoms with E-state index in [1.807, 2.05) is 6.07 Å². The third kappa shape index (κ3) is 4.49. The first-order valence-corrected chi connectivity index (χ1v) is 10.4. The largest absolute Gasteiger partial charge is 0.416 e. The quantitative estimate of drug-likeness (QED) is 0.429. The molecule has 3 heterocycles. The fraction of sp³-hybridized carbons (Fsp3) is 0.208. The first-order chi connectivity index (χ1) is 15.9. The van der Waals surface area contributed by atoms with E-state index >= 15 is 0 Å². The van der Waals surface area contributed by atoms with E-state index in [0.29, 0.717) is 30.9 Å². The molecule has 0 radical (unpaired) electrons. The van der Waals surface area contributed by atoms with E-state index in [9.17, 15) is 17.6 Å². The average Bonchev–Trinajstić information content (AvgIpc) is 3.26. The molecule has 0 spiro atoms. The van der Waals surface area contributed by atoms with Crippen LogP contribution in [0.3, 0.4) is 0 Å². The fourth-order valence-corrected chi connectivity index (χ4v) is 4.02. The molecule has 0 unspecified atom stereocenters. The van der Waals surface area contributed by atoms with Gasteiger partial charge >= 0.3 is 6.18 Å². The van der Waals surface area contributed by atoms with Gasteiger partial charge in [0.05, 0.1) is 23.1 Å². The average molecular weight is 453 g/mol. The molecule has 0 atom stereocenters. The molecule has 33 heavy (non-hydrogen) atoms. The highest BCUT2D eigenvalue weighted by Gasteiger charge is 2.30. The molecular formula is C24H19F4N5. The molecule has 9 heteroatoms. The molecule has 0 amide bonds. The van der Waals surface area contributed by atoms with E-state index in [1.54, 1.807) is 18.5 Å². The Hall–Kier alpha value is -3.59. The standard InChI is InChI=1S/C24H19F4N5/c25-20-3-1-2-16(10-20)22-18(12-30-32-22)14-33-9-8-21-17(13-33)11-29-23(31-21)15-4-6-19(7-5-15)24(26,27)28/h1-7,10-12H,8-9,13-14H2,(H,30,32). The molecule has 0 bridgehead atoms. The van der Waals surface area contributed by atoms with Crippen molar-refractivity contribution < 1.29 is 17.6 Å². The van der Waals surface area contributed by atoms with Crippen molar-refractivity contribution in [2.45, 2.75) is 25.7 Å². The van der Waals surface area contributed by atoms with Crippen LogP contribution in [0.1, 0.15) is 22.4 Å². The molecular weight excluding hydrogens is 434 g/mol. The van der Waals surface area contributed by atoms with Gasteiger partial charge in [0.25, 0.3) is 0 Å². The van der Waals surface area contributed by atoms with Gasteiger partial charge in [0, 0.05) is 54.5 Å². The summed E-state index contributed by atoms with van der Waals surface area (Å²) >= 11 is 0.